The zero-order valence-electron chi connectivity index (χ0n) is 13.3. The molecule has 2 aromatic carbocycles. The highest BCUT2D eigenvalue weighted by molar-refractivity contribution is 6.29. The van der Waals surface area contributed by atoms with Gasteiger partial charge in [0.1, 0.15) is 5.15 Å². The molecule has 116 valence electrons. The minimum Gasteiger partial charge on any atom is -0.339 e. The minimum atomic E-state index is 0.535. The summed E-state index contributed by atoms with van der Waals surface area (Å²) in [6.07, 6.45) is 0. The smallest absolute Gasteiger partial charge is 0.129 e. The average molecular weight is 324 g/mol. The molecule has 0 aliphatic rings. The van der Waals surface area contributed by atoms with Gasteiger partial charge >= 0.3 is 0 Å². The average Bonchev–Trinajstić information content (AvgIpc) is 2.84. The summed E-state index contributed by atoms with van der Waals surface area (Å²) in [5, 5.41) is 4.16. The first kappa shape index (κ1) is 14.5. The van der Waals surface area contributed by atoms with Crippen LogP contribution in [0.2, 0.25) is 5.15 Å². The van der Waals surface area contributed by atoms with E-state index in [1.807, 2.05) is 12.1 Å². The molecular formula is C19H18ClN3. The van der Waals surface area contributed by atoms with Gasteiger partial charge in [0.05, 0.1) is 5.52 Å². The summed E-state index contributed by atoms with van der Waals surface area (Å²) in [6.45, 7) is 1.97. The second-order valence-corrected chi connectivity index (χ2v) is 6.56. The standard InChI is InChI=1S/C19H18ClN3/c1-22(2)9-10-23-17-6-4-3-5-14(17)15-12-16-13(11-18(15)23)7-8-19(20)21-16/h3-8,11-12H,9-10H2,1-2H3. The van der Waals surface area contributed by atoms with Gasteiger partial charge in [0, 0.05) is 40.3 Å². The fourth-order valence-electron chi connectivity index (χ4n) is 3.18. The SMILES string of the molecule is CN(C)CCn1c2ccccc2c2cc3nc(Cl)ccc3cc21. The summed E-state index contributed by atoms with van der Waals surface area (Å²) < 4.78 is 2.40. The summed E-state index contributed by atoms with van der Waals surface area (Å²) in [4.78, 5) is 6.68. The first-order chi connectivity index (χ1) is 11.1. The Bertz CT molecular complexity index is 1020. The van der Waals surface area contributed by atoms with Crippen molar-refractivity contribution in [2.75, 3.05) is 20.6 Å². The molecule has 0 radical (unpaired) electrons. The number of likely N-dealkylation sites (N-methyl/N-ethyl adjacent to an activating group) is 1. The van der Waals surface area contributed by atoms with E-state index in [1.165, 1.54) is 21.8 Å². The number of hydrogen-bond donors (Lipinski definition) is 0. The number of aromatic nitrogens is 2. The van der Waals surface area contributed by atoms with Gasteiger partial charge in [0.15, 0.2) is 0 Å². The van der Waals surface area contributed by atoms with Gasteiger partial charge in [-0.3, -0.25) is 0 Å². The lowest BCUT2D eigenvalue weighted by molar-refractivity contribution is 0.389. The molecule has 4 aromatic rings. The highest BCUT2D eigenvalue weighted by atomic mass is 35.5. The normalized spacial score (nSPS) is 12.0. The van der Waals surface area contributed by atoms with Crippen LogP contribution in [0.5, 0.6) is 0 Å². The molecule has 2 heterocycles. The maximum atomic E-state index is 6.06. The Kier molecular flexibility index (Phi) is 3.47. The Balaban J connectivity index is 2.06. The van der Waals surface area contributed by atoms with Crippen molar-refractivity contribution in [3.8, 4) is 0 Å². The third kappa shape index (κ3) is 2.46. The van der Waals surface area contributed by atoms with E-state index in [0.29, 0.717) is 5.15 Å². The Morgan fingerprint density at radius 2 is 1.83 bits per heavy atom. The Hall–Kier alpha value is -2.10. The van der Waals surface area contributed by atoms with Crippen molar-refractivity contribution in [2.45, 2.75) is 6.54 Å². The third-order valence-electron chi connectivity index (χ3n) is 4.32. The fraction of sp³-hybridized carbons (Fsp3) is 0.211. The van der Waals surface area contributed by atoms with Gasteiger partial charge in [0.2, 0.25) is 0 Å². The monoisotopic (exact) mass is 323 g/mol. The summed E-state index contributed by atoms with van der Waals surface area (Å²) in [6, 6.07) is 16.8. The molecule has 0 aliphatic heterocycles. The number of rotatable bonds is 3. The maximum Gasteiger partial charge on any atom is 0.129 e. The van der Waals surface area contributed by atoms with Crippen LogP contribution >= 0.6 is 11.6 Å². The second kappa shape index (κ2) is 5.52. The quantitative estimate of drug-likeness (QED) is 0.515. The molecule has 2 aromatic heterocycles. The molecule has 0 saturated carbocycles. The van der Waals surface area contributed by atoms with E-state index in [1.54, 1.807) is 0 Å². The van der Waals surface area contributed by atoms with Crippen molar-refractivity contribution in [1.29, 1.82) is 0 Å². The first-order valence-electron chi connectivity index (χ1n) is 7.75. The molecule has 4 rings (SSSR count). The topological polar surface area (TPSA) is 21.1 Å². The van der Waals surface area contributed by atoms with Crippen LogP contribution in [0.1, 0.15) is 0 Å². The van der Waals surface area contributed by atoms with Crippen LogP contribution in [0.3, 0.4) is 0 Å². The molecule has 0 amide bonds. The van der Waals surface area contributed by atoms with E-state index >= 15 is 0 Å². The van der Waals surface area contributed by atoms with Crippen molar-refractivity contribution in [1.82, 2.24) is 14.5 Å². The predicted molar refractivity (Wildman–Crippen MR) is 98.3 cm³/mol. The maximum absolute atomic E-state index is 6.06. The number of benzene rings is 2. The molecule has 0 atom stereocenters. The molecule has 0 aliphatic carbocycles. The van der Waals surface area contributed by atoms with Crippen molar-refractivity contribution < 1.29 is 0 Å². The van der Waals surface area contributed by atoms with E-state index in [0.717, 1.165) is 24.0 Å². The van der Waals surface area contributed by atoms with Crippen molar-refractivity contribution >= 4 is 44.3 Å². The number of nitrogens with zero attached hydrogens (tertiary/aromatic N) is 3. The van der Waals surface area contributed by atoms with Crippen LogP contribution in [0.15, 0.2) is 48.5 Å². The fourth-order valence-corrected chi connectivity index (χ4v) is 3.33. The Morgan fingerprint density at radius 1 is 1.00 bits per heavy atom. The van der Waals surface area contributed by atoms with Crippen molar-refractivity contribution in [3.63, 3.8) is 0 Å². The summed E-state index contributed by atoms with van der Waals surface area (Å²) in [5.74, 6) is 0. The molecule has 23 heavy (non-hydrogen) atoms. The molecule has 0 bridgehead atoms. The molecule has 0 saturated heterocycles. The number of pyridine rings is 1. The first-order valence-corrected chi connectivity index (χ1v) is 8.13. The van der Waals surface area contributed by atoms with Crippen LogP contribution in [0, 0.1) is 0 Å². The van der Waals surface area contributed by atoms with E-state index in [9.17, 15) is 0 Å². The van der Waals surface area contributed by atoms with Gasteiger partial charge in [-0.2, -0.15) is 0 Å². The van der Waals surface area contributed by atoms with E-state index < -0.39 is 0 Å². The van der Waals surface area contributed by atoms with Crippen LogP contribution in [-0.4, -0.2) is 35.1 Å². The molecule has 4 heteroatoms. The number of hydrogen-bond acceptors (Lipinski definition) is 2. The van der Waals surface area contributed by atoms with Crippen LogP contribution < -0.4 is 0 Å². The lowest BCUT2D eigenvalue weighted by Gasteiger charge is -2.12. The third-order valence-corrected chi connectivity index (χ3v) is 4.53. The van der Waals surface area contributed by atoms with E-state index in [2.05, 4.69) is 64.9 Å². The van der Waals surface area contributed by atoms with Crippen LogP contribution in [0.25, 0.3) is 32.7 Å². The van der Waals surface area contributed by atoms with Gasteiger partial charge in [-0.1, -0.05) is 29.8 Å². The van der Waals surface area contributed by atoms with Crippen LogP contribution in [0.4, 0.5) is 0 Å². The minimum absolute atomic E-state index is 0.535. The lowest BCUT2D eigenvalue weighted by Crippen LogP contribution is -2.18. The molecule has 3 nitrogen and oxygen atoms in total. The lowest BCUT2D eigenvalue weighted by atomic mass is 10.1. The zero-order valence-corrected chi connectivity index (χ0v) is 14.0. The Morgan fingerprint density at radius 3 is 2.65 bits per heavy atom. The van der Waals surface area contributed by atoms with Gasteiger partial charge in [0.25, 0.3) is 0 Å². The van der Waals surface area contributed by atoms with E-state index in [-0.39, 0.29) is 0 Å². The summed E-state index contributed by atoms with van der Waals surface area (Å²) in [7, 11) is 4.21. The van der Waals surface area contributed by atoms with Gasteiger partial charge in [-0.15, -0.1) is 0 Å². The number of halogens is 1. The van der Waals surface area contributed by atoms with E-state index in [4.69, 9.17) is 11.6 Å². The largest absolute Gasteiger partial charge is 0.339 e. The van der Waals surface area contributed by atoms with Crippen LogP contribution in [-0.2, 0) is 6.54 Å². The summed E-state index contributed by atoms with van der Waals surface area (Å²) >= 11 is 6.06. The molecule has 0 fully saturated rings. The van der Waals surface area contributed by atoms with Gasteiger partial charge < -0.3 is 9.47 Å². The number of fused-ring (bicyclic) bond motifs is 4. The predicted octanol–water partition coefficient (Wildman–Crippen LogP) is 4.56. The second-order valence-electron chi connectivity index (χ2n) is 6.17. The van der Waals surface area contributed by atoms with Gasteiger partial charge in [-0.25, -0.2) is 4.98 Å². The molecule has 0 unspecified atom stereocenters. The molecule has 0 spiro atoms. The molecular weight excluding hydrogens is 306 g/mol. The van der Waals surface area contributed by atoms with Gasteiger partial charge in [-0.05, 0) is 44.4 Å². The molecule has 0 N–H and O–H groups in total. The zero-order chi connectivity index (χ0) is 16.0. The number of para-hydroxylation sites is 1. The summed E-state index contributed by atoms with van der Waals surface area (Å²) in [5.41, 5.74) is 3.47. The highest BCUT2D eigenvalue weighted by Crippen LogP contribution is 2.32. The van der Waals surface area contributed by atoms with Crippen molar-refractivity contribution in [2.24, 2.45) is 0 Å². The Labute approximate surface area is 140 Å². The highest BCUT2D eigenvalue weighted by Gasteiger charge is 2.12. The van der Waals surface area contributed by atoms with Crippen molar-refractivity contribution in [3.05, 3.63) is 53.7 Å².